The third-order valence-corrected chi connectivity index (χ3v) is 6.28. The Hall–Kier alpha value is -2.24. The number of benzene rings is 2. The number of hydrogen-bond donors (Lipinski definition) is 0. The fraction of sp³-hybridized carbons (Fsp3) is 0.435. The topological polar surface area (TPSA) is 47.7 Å². The van der Waals surface area contributed by atoms with Crippen LogP contribution in [0.15, 0.2) is 40.9 Å². The average Bonchev–Trinajstić information content (AvgIpc) is 3.17. The van der Waals surface area contributed by atoms with Crippen LogP contribution in [0.25, 0.3) is 11.0 Å². The zero-order valence-electron chi connectivity index (χ0n) is 17.0. The van der Waals surface area contributed by atoms with Crippen molar-refractivity contribution in [1.82, 2.24) is 10.1 Å². The standard InChI is InChI=1S/C23H27ClN2O3/c1-27-21-10-8-18-20(25-29-22(18)23(21)28-2)9-7-16-11-13-26(14-12-16)15-17-5-3-4-6-19(17)24/h3-6,8,10,16H,7,9,11-15H2,1-2H3. The Kier molecular flexibility index (Phi) is 6.26. The summed E-state index contributed by atoms with van der Waals surface area (Å²) in [5.41, 5.74) is 2.88. The SMILES string of the molecule is COc1ccc2c(CCC3CCN(Cc4ccccc4Cl)CC3)noc2c1OC. The number of rotatable bonds is 7. The molecule has 0 atom stereocenters. The second-order valence-electron chi connectivity index (χ2n) is 7.66. The number of likely N-dealkylation sites (tertiary alicyclic amines) is 1. The minimum absolute atomic E-state index is 0.608. The molecule has 1 fully saturated rings. The van der Waals surface area contributed by atoms with Crippen LogP contribution in [0.1, 0.15) is 30.5 Å². The summed E-state index contributed by atoms with van der Waals surface area (Å²) in [6.45, 7) is 3.16. The molecule has 0 N–H and O–H groups in total. The minimum Gasteiger partial charge on any atom is -0.493 e. The predicted octanol–water partition coefficient (Wildman–Crippen LogP) is 5.34. The average molecular weight is 415 g/mol. The van der Waals surface area contributed by atoms with E-state index >= 15 is 0 Å². The predicted molar refractivity (Wildman–Crippen MR) is 115 cm³/mol. The molecular weight excluding hydrogens is 388 g/mol. The van der Waals surface area contributed by atoms with Crippen LogP contribution in [0.5, 0.6) is 11.5 Å². The normalized spacial score (nSPS) is 15.7. The number of nitrogens with zero attached hydrogens (tertiary/aromatic N) is 2. The van der Waals surface area contributed by atoms with E-state index in [0.717, 1.165) is 48.6 Å². The smallest absolute Gasteiger partial charge is 0.212 e. The molecule has 6 heteroatoms. The molecule has 0 bridgehead atoms. The number of halogens is 1. The number of piperidine rings is 1. The van der Waals surface area contributed by atoms with Gasteiger partial charge in [0, 0.05) is 17.0 Å². The van der Waals surface area contributed by atoms with Gasteiger partial charge in [-0.05, 0) is 68.5 Å². The molecule has 0 aliphatic carbocycles. The van der Waals surface area contributed by atoms with Gasteiger partial charge in [0.05, 0.1) is 19.9 Å². The van der Waals surface area contributed by atoms with Gasteiger partial charge in [0.2, 0.25) is 11.3 Å². The van der Waals surface area contributed by atoms with Crippen LogP contribution in [-0.4, -0.2) is 37.4 Å². The first-order valence-corrected chi connectivity index (χ1v) is 10.5. The minimum atomic E-state index is 0.608. The van der Waals surface area contributed by atoms with E-state index < -0.39 is 0 Å². The van der Waals surface area contributed by atoms with Crippen molar-refractivity contribution in [2.45, 2.75) is 32.2 Å². The van der Waals surface area contributed by atoms with E-state index in [-0.39, 0.29) is 0 Å². The lowest BCUT2D eigenvalue weighted by molar-refractivity contribution is 0.172. The molecule has 0 amide bonds. The first kappa shape index (κ1) is 20.0. The fourth-order valence-electron chi connectivity index (χ4n) is 4.19. The summed E-state index contributed by atoms with van der Waals surface area (Å²) < 4.78 is 16.4. The Balaban J connectivity index is 1.33. The molecule has 4 rings (SSSR count). The highest BCUT2D eigenvalue weighted by Crippen LogP contribution is 2.37. The molecule has 3 aromatic rings. The van der Waals surface area contributed by atoms with Crippen molar-refractivity contribution >= 4 is 22.6 Å². The van der Waals surface area contributed by atoms with E-state index in [1.54, 1.807) is 14.2 Å². The third-order valence-electron chi connectivity index (χ3n) is 5.91. The van der Waals surface area contributed by atoms with E-state index in [9.17, 15) is 0 Å². The molecule has 0 spiro atoms. The van der Waals surface area contributed by atoms with E-state index in [2.05, 4.69) is 22.2 Å². The number of hydrogen-bond acceptors (Lipinski definition) is 5. The van der Waals surface area contributed by atoms with Crippen LogP contribution in [-0.2, 0) is 13.0 Å². The lowest BCUT2D eigenvalue weighted by Crippen LogP contribution is -2.33. The zero-order valence-corrected chi connectivity index (χ0v) is 17.7. The van der Waals surface area contributed by atoms with Gasteiger partial charge in [0.25, 0.3) is 0 Å². The zero-order chi connectivity index (χ0) is 20.2. The third kappa shape index (κ3) is 4.36. The highest BCUT2D eigenvalue weighted by Gasteiger charge is 2.22. The van der Waals surface area contributed by atoms with Crippen LogP contribution in [0.4, 0.5) is 0 Å². The molecule has 0 radical (unpaired) electrons. The van der Waals surface area contributed by atoms with Crippen molar-refractivity contribution in [2.24, 2.45) is 5.92 Å². The van der Waals surface area contributed by atoms with Gasteiger partial charge in [-0.1, -0.05) is 35.0 Å². The first-order chi connectivity index (χ1) is 14.2. The lowest BCUT2D eigenvalue weighted by Gasteiger charge is -2.32. The summed E-state index contributed by atoms with van der Waals surface area (Å²) in [6.07, 6.45) is 4.45. The van der Waals surface area contributed by atoms with Crippen LogP contribution in [0, 0.1) is 5.92 Å². The summed E-state index contributed by atoms with van der Waals surface area (Å²) in [6, 6.07) is 12.0. The summed E-state index contributed by atoms with van der Waals surface area (Å²) in [5.74, 6) is 1.98. The second-order valence-corrected chi connectivity index (χ2v) is 8.06. The van der Waals surface area contributed by atoms with Crippen molar-refractivity contribution in [3.8, 4) is 11.5 Å². The summed E-state index contributed by atoms with van der Waals surface area (Å²) in [7, 11) is 3.25. The second kappa shape index (κ2) is 9.06. The maximum Gasteiger partial charge on any atom is 0.212 e. The largest absolute Gasteiger partial charge is 0.493 e. The highest BCUT2D eigenvalue weighted by molar-refractivity contribution is 6.31. The Bertz CT molecular complexity index is 964. The van der Waals surface area contributed by atoms with Gasteiger partial charge in [-0.25, -0.2) is 0 Å². The fourth-order valence-corrected chi connectivity index (χ4v) is 4.38. The molecule has 1 aliphatic heterocycles. The van der Waals surface area contributed by atoms with Crippen LogP contribution >= 0.6 is 11.6 Å². The molecular formula is C23H27ClN2O3. The van der Waals surface area contributed by atoms with Gasteiger partial charge in [-0.3, -0.25) is 4.90 Å². The van der Waals surface area contributed by atoms with E-state index in [1.165, 1.54) is 18.4 Å². The Morgan fingerprint density at radius 1 is 1.10 bits per heavy atom. The van der Waals surface area contributed by atoms with Crippen molar-refractivity contribution in [2.75, 3.05) is 27.3 Å². The number of fused-ring (bicyclic) bond motifs is 1. The molecule has 5 nitrogen and oxygen atoms in total. The van der Waals surface area contributed by atoms with Gasteiger partial charge in [0.15, 0.2) is 5.75 Å². The van der Waals surface area contributed by atoms with Crippen LogP contribution in [0.2, 0.25) is 5.02 Å². The number of aryl methyl sites for hydroxylation is 1. The van der Waals surface area contributed by atoms with Crippen molar-refractivity contribution < 1.29 is 14.0 Å². The molecule has 0 unspecified atom stereocenters. The van der Waals surface area contributed by atoms with E-state index in [1.807, 2.05) is 24.3 Å². The van der Waals surface area contributed by atoms with Gasteiger partial charge >= 0.3 is 0 Å². The van der Waals surface area contributed by atoms with Crippen molar-refractivity contribution in [1.29, 1.82) is 0 Å². The van der Waals surface area contributed by atoms with E-state index in [4.69, 9.17) is 25.6 Å². The summed E-state index contributed by atoms with van der Waals surface area (Å²) >= 11 is 6.31. The number of ether oxygens (including phenoxy) is 2. The van der Waals surface area contributed by atoms with Gasteiger partial charge in [-0.2, -0.15) is 0 Å². The molecule has 2 heterocycles. The van der Waals surface area contributed by atoms with Crippen molar-refractivity contribution in [3.63, 3.8) is 0 Å². The quantitative estimate of drug-likeness (QED) is 0.522. The molecule has 1 aliphatic rings. The summed E-state index contributed by atoms with van der Waals surface area (Å²) in [5, 5.41) is 6.18. The highest BCUT2D eigenvalue weighted by atomic mass is 35.5. The molecule has 1 saturated heterocycles. The molecule has 29 heavy (non-hydrogen) atoms. The maximum atomic E-state index is 6.31. The Labute approximate surface area is 176 Å². The maximum absolute atomic E-state index is 6.31. The molecule has 2 aromatic carbocycles. The van der Waals surface area contributed by atoms with Gasteiger partial charge < -0.3 is 14.0 Å². The van der Waals surface area contributed by atoms with Gasteiger partial charge in [0.1, 0.15) is 0 Å². The first-order valence-electron chi connectivity index (χ1n) is 10.1. The lowest BCUT2D eigenvalue weighted by atomic mass is 9.91. The molecule has 0 saturated carbocycles. The van der Waals surface area contributed by atoms with Crippen molar-refractivity contribution in [3.05, 3.63) is 52.7 Å². The molecule has 154 valence electrons. The number of aromatic nitrogens is 1. The van der Waals surface area contributed by atoms with Crippen LogP contribution < -0.4 is 9.47 Å². The monoisotopic (exact) mass is 414 g/mol. The van der Waals surface area contributed by atoms with E-state index in [0.29, 0.717) is 23.0 Å². The Morgan fingerprint density at radius 2 is 1.90 bits per heavy atom. The molecule has 1 aromatic heterocycles. The van der Waals surface area contributed by atoms with Crippen LogP contribution in [0.3, 0.4) is 0 Å². The summed E-state index contributed by atoms with van der Waals surface area (Å²) in [4.78, 5) is 2.50. The number of methoxy groups -OCH3 is 2. The Morgan fingerprint density at radius 3 is 2.62 bits per heavy atom. The van der Waals surface area contributed by atoms with Gasteiger partial charge in [-0.15, -0.1) is 0 Å².